The van der Waals surface area contributed by atoms with E-state index in [2.05, 4.69) is 4.98 Å². The summed E-state index contributed by atoms with van der Waals surface area (Å²) in [7, 11) is 0. The first-order chi connectivity index (χ1) is 10.1. The van der Waals surface area contributed by atoms with E-state index in [1.165, 1.54) is 0 Å². The zero-order chi connectivity index (χ0) is 15.2. The average Bonchev–Trinajstić information content (AvgIpc) is 2.44. The molecule has 0 fully saturated rings. The van der Waals surface area contributed by atoms with Gasteiger partial charge in [-0.05, 0) is 43.7 Å². The summed E-state index contributed by atoms with van der Waals surface area (Å²) in [6.07, 6.45) is 0.286. The molecule has 0 radical (unpaired) electrons. The minimum absolute atomic E-state index is 0.0337. The van der Waals surface area contributed by atoms with Crippen molar-refractivity contribution in [1.82, 2.24) is 9.88 Å². The van der Waals surface area contributed by atoms with Gasteiger partial charge in [0.25, 0.3) is 0 Å². The van der Waals surface area contributed by atoms with E-state index in [1.54, 1.807) is 23.1 Å². The second-order valence-corrected chi connectivity index (χ2v) is 5.02. The lowest BCUT2D eigenvalue weighted by Gasteiger charge is -2.20. The number of aryl methyl sites for hydroxylation is 1. The fourth-order valence-corrected chi connectivity index (χ4v) is 2.21. The molecule has 2 aromatic rings. The fourth-order valence-electron chi connectivity index (χ4n) is 2.21. The van der Waals surface area contributed by atoms with Crippen LogP contribution in [0.1, 0.15) is 23.9 Å². The van der Waals surface area contributed by atoms with Crippen LogP contribution in [-0.4, -0.2) is 27.4 Å². The summed E-state index contributed by atoms with van der Waals surface area (Å²) in [4.78, 5) is 18.6. The number of hydrogen-bond acceptors (Lipinski definition) is 3. The van der Waals surface area contributed by atoms with Crippen LogP contribution in [0, 0.1) is 6.92 Å². The summed E-state index contributed by atoms with van der Waals surface area (Å²) in [6.45, 7) is 5.04. The quantitative estimate of drug-likeness (QED) is 0.918. The number of aromatic hydroxyl groups is 1. The summed E-state index contributed by atoms with van der Waals surface area (Å²) in [6, 6.07) is 12.6. The predicted octanol–water partition coefficient (Wildman–Crippen LogP) is 2.69. The Morgan fingerprint density at radius 2 is 2.00 bits per heavy atom. The van der Waals surface area contributed by atoms with Crippen molar-refractivity contribution in [2.75, 3.05) is 6.54 Å². The van der Waals surface area contributed by atoms with Crippen molar-refractivity contribution in [3.63, 3.8) is 0 Å². The second-order valence-electron chi connectivity index (χ2n) is 5.02. The molecule has 4 nitrogen and oxygen atoms in total. The molecule has 0 saturated heterocycles. The van der Waals surface area contributed by atoms with Crippen LogP contribution in [0.4, 0.5) is 0 Å². The molecule has 21 heavy (non-hydrogen) atoms. The maximum atomic E-state index is 12.4. The molecule has 1 N–H and O–H groups in total. The molecule has 1 aromatic carbocycles. The maximum absolute atomic E-state index is 12.4. The van der Waals surface area contributed by atoms with Crippen LogP contribution in [0.3, 0.4) is 0 Å². The van der Waals surface area contributed by atoms with Crippen molar-refractivity contribution in [2.24, 2.45) is 0 Å². The van der Waals surface area contributed by atoms with E-state index in [4.69, 9.17) is 0 Å². The zero-order valence-corrected chi connectivity index (χ0v) is 12.4. The van der Waals surface area contributed by atoms with Gasteiger partial charge in [0, 0.05) is 12.2 Å². The van der Waals surface area contributed by atoms with Gasteiger partial charge in [-0.2, -0.15) is 0 Å². The lowest BCUT2D eigenvalue weighted by molar-refractivity contribution is -0.130. The highest BCUT2D eigenvalue weighted by Gasteiger charge is 2.13. The van der Waals surface area contributed by atoms with Gasteiger partial charge in [0.2, 0.25) is 5.91 Å². The Balaban J connectivity index is 2.05. The third kappa shape index (κ3) is 4.31. The van der Waals surface area contributed by atoms with Gasteiger partial charge in [-0.3, -0.25) is 9.78 Å². The number of benzene rings is 1. The lowest BCUT2D eigenvalue weighted by Crippen LogP contribution is -2.32. The van der Waals surface area contributed by atoms with E-state index >= 15 is 0 Å². The van der Waals surface area contributed by atoms with E-state index in [1.807, 2.05) is 38.1 Å². The van der Waals surface area contributed by atoms with E-state index in [9.17, 15) is 9.90 Å². The molecule has 0 aliphatic heterocycles. The highest BCUT2D eigenvalue weighted by atomic mass is 16.3. The number of likely N-dealkylation sites (N-methyl/N-ethyl adjacent to an activating group) is 1. The smallest absolute Gasteiger partial charge is 0.227 e. The van der Waals surface area contributed by atoms with Gasteiger partial charge in [0.05, 0.1) is 18.7 Å². The Bertz CT molecular complexity index is 626. The topological polar surface area (TPSA) is 53.4 Å². The summed E-state index contributed by atoms with van der Waals surface area (Å²) in [5.41, 5.74) is 2.65. The minimum Gasteiger partial charge on any atom is -0.508 e. The van der Waals surface area contributed by atoms with E-state index in [0.717, 1.165) is 17.0 Å². The first kappa shape index (κ1) is 15.0. The molecule has 0 unspecified atom stereocenters. The first-order valence-corrected chi connectivity index (χ1v) is 7.06. The van der Waals surface area contributed by atoms with Crippen molar-refractivity contribution < 1.29 is 9.90 Å². The highest BCUT2D eigenvalue weighted by Crippen LogP contribution is 2.13. The normalized spacial score (nSPS) is 10.4. The number of carbonyl (C=O) groups is 1. The minimum atomic E-state index is 0.0337. The highest BCUT2D eigenvalue weighted by molar-refractivity contribution is 5.78. The van der Waals surface area contributed by atoms with Gasteiger partial charge >= 0.3 is 0 Å². The molecule has 110 valence electrons. The monoisotopic (exact) mass is 284 g/mol. The van der Waals surface area contributed by atoms with Crippen LogP contribution in [-0.2, 0) is 17.8 Å². The van der Waals surface area contributed by atoms with Crippen LogP contribution >= 0.6 is 0 Å². The number of aromatic nitrogens is 1. The molecular formula is C17H20N2O2. The summed E-state index contributed by atoms with van der Waals surface area (Å²) >= 11 is 0. The van der Waals surface area contributed by atoms with Crippen LogP contribution in [0.2, 0.25) is 0 Å². The first-order valence-electron chi connectivity index (χ1n) is 7.06. The van der Waals surface area contributed by atoms with Crippen LogP contribution in [0.5, 0.6) is 5.75 Å². The summed E-state index contributed by atoms with van der Waals surface area (Å²) in [5.74, 6) is 0.218. The molecule has 0 spiro atoms. The van der Waals surface area contributed by atoms with Gasteiger partial charge in [-0.1, -0.05) is 18.2 Å². The molecule has 0 aliphatic rings. The zero-order valence-electron chi connectivity index (χ0n) is 12.4. The van der Waals surface area contributed by atoms with Gasteiger partial charge in [-0.15, -0.1) is 0 Å². The number of hydrogen-bond donors (Lipinski definition) is 1. The van der Waals surface area contributed by atoms with Gasteiger partial charge in [0.1, 0.15) is 5.75 Å². The number of rotatable bonds is 5. The Hall–Kier alpha value is -2.36. The van der Waals surface area contributed by atoms with Gasteiger partial charge in [-0.25, -0.2) is 0 Å². The molecule has 0 atom stereocenters. The fraction of sp³-hybridized carbons (Fsp3) is 0.294. The van der Waals surface area contributed by atoms with Crippen molar-refractivity contribution in [1.29, 1.82) is 0 Å². The number of carbonyl (C=O) groups excluding carboxylic acids is 1. The average molecular weight is 284 g/mol. The van der Waals surface area contributed by atoms with Gasteiger partial charge in [0.15, 0.2) is 0 Å². The third-order valence-electron chi connectivity index (χ3n) is 3.30. The standard InChI is InChI=1S/C17H20N2O2/c1-3-19(12-15-8-4-6-13(2)18-15)17(21)11-14-7-5-9-16(20)10-14/h4-10,20H,3,11-12H2,1-2H3. The van der Waals surface area contributed by atoms with Crippen molar-refractivity contribution in [3.05, 3.63) is 59.4 Å². The maximum Gasteiger partial charge on any atom is 0.227 e. The molecule has 0 saturated carbocycles. The number of pyridine rings is 1. The molecule has 1 heterocycles. The molecular weight excluding hydrogens is 264 g/mol. The third-order valence-corrected chi connectivity index (χ3v) is 3.30. The molecule has 4 heteroatoms. The SMILES string of the molecule is CCN(Cc1cccc(C)n1)C(=O)Cc1cccc(O)c1. The largest absolute Gasteiger partial charge is 0.508 e. The second kappa shape index (κ2) is 6.88. The Kier molecular flexibility index (Phi) is 4.93. The summed E-state index contributed by atoms with van der Waals surface area (Å²) in [5, 5.41) is 9.45. The molecule has 0 bridgehead atoms. The number of nitrogens with zero attached hydrogens (tertiary/aromatic N) is 2. The van der Waals surface area contributed by atoms with Crippen LogP contribution in [0.15, 0.2) is 42.5 Å². The van der Waals surface area contributed by atoms with E-state index in [-0.39, 0.29) is 18.1 Å². The molecule has 1 aromatic heterocycles. The van der Waals surface area contributed by atoms with E-state index in [0.29, 0.717) is 13.1 Å². The van der Waals surface area contributed by atoms with Crippen molar-refractivity contribution in [2.45, 2.75) is 26.8 Å². The van der Waals surface area contributed by atoms with Crippen molar-refractivity contribution >= 4 is 5.91 Å². The molecule has 1 amide bonds. The number of amides is 1. The van der Waals surface area contributed by atoms with Crippen molar-refractivity contribution in [3.8, 4) is 5.75 Å². The van der Waals surface area contributed by atoms with Crippen LogP contribution < -0.4 is 0 Å². The van der Waals surface area contributed by atoms with Crippen LogP contribution in [0.25, 0.3) is 0 Å². The Morgan fingerprint density at radius 3 is 2.67 bits per heavy atom. The molecule has 2 rings (SSSR count). The van der Waals surface area contributed by atoms with Gasteiger partial charge < -0.3 is 10.0 Å². The predicted molar refractivity (Wildman–Crippen MR) is 81.9 cm³/mol. The summed E-state index contributed by atoms with van der Waals surface area (Å²) < 4.78 is 0. The lowest BCUT2D eigenvalue weighted by atomic mass is 10.1. The Morgan fingerprint density at radius 1 is 1.24 bits per heavy atom. The number of phenolic OH excluding ortho intramolecular Hbond substituents is 1. The Labute approximate surface area is 125 Å². The van der Waals surface area contributed by atoms with E-state index < -0.39 is 0 Å². The molecule has 0 aliphatic carbocycles. The number of phenols is 1.